The summed E-state index contributed by atoms with van der Waals surface area (Å²) in [5, 5.41) is 3.41. The van der Waals surface area contributed by atoms with Crippen LogP contribution in [0.5, 0.6) is 0 Å². The van der Waals surface area contributed by atoms with Crippen LogP contribution in [0.4, 0.5) is 5.69 Å². The Morgan fingerprint density at radius 2 is 2.24 bits per heavy atom. The van der Waals surface area contributed by atoms with Crippen molar-refractivity contribution >= 4 is 5.69 Å². The third-order valence-corrected chi connectivity index (χ3v) is 3.81. The number of benzene rings is 1. The molecule has 2 nitrogen and oxygen atoms in total. The Kier molecular flexibility index (Phi) is 2.89. The lowest BCUT2D eigenvalue weighted by molar-refractivity contribution is 0.286. The van der Waals surface area contributed by atoms with E-state index in [4.69, 9.17) is 0 Å². The van der Waals surface area contributed by atoms with E-state index in [0.29, 0.717) is 0 Å². The molecule has 1 aromatic carbocycles. The van der Waals surface area contributed by atoms with Crippen LogP contribution < -0.4 is 5.32 Å². The average molecular weight is 228 g/mol. The summed E-state index contributed by atoms with van der Waals surface area (Å²) in [7, 11) is 0. The minimum absolute atomic E-state index is 1.09. The van der Waals surface area contributed by atoms with Crippen molar-refractivity contribution < 1.29 is 0 Å². The largest absolute Gasteiger partial charge is 0.384 e. The van der Waals surface area contributed by atoms with E-state index in [1.54, 1.807) is 5.57 Å². The summed E-state index contributed by atoms with van der Waals surface area (Å²) in [6.07, 6.45) is 4.77. The van der Waals surface area contributed by atoms with Gasteiger partial charge in [0.05, 0.1) is 0 Å². The molecule has 0 fully saturated rings. The first-order valence-electron chi connectivity index (χ1n) is 6.55. The van der Waals surface area contributed by atoms with Crippen molar-refractivity contribution in [2.45, 2.75) is 26.3 Å². The third kappa shape index (κ3) is 2.37. The van der Waals surface area contributed by atoms with Gasteiger partial charge in [0.25, 0.3) is 0 Å². The number of fused-ring (bicyclic) bond motifs is 1. The standard InChI is InChI=1S/C15H20N2/c1-12-5-8-17(9-6-12)11-13-2-3-15-14(10-13)4-7-16-15/h2-3,5,10,16H,4,6-9,11H2,1H3. The molecule has 2 heteroatoms. The molecule has 3 rings (SSSR count). The molecular formula is C15H20N2. The van der Waals surface area contributed by atoms with Crippen LogP contribution in [-0.4, -0.2) is 24.5 Å². The molecule has 2 aliphatic rings. The molecule has 90 valence electrons. The van der Waals surface area contributed by atoms with Gasteiger partial charge in [-0.2, -0.15) is 0 Å². The molecule has 0 radical (unpaired) electrons. The van der Waals surface area contributed by atoms with Crippen molar-refractivity contribution in [3.63, 3.8) is 0 Å². The number of rotatable bonds is 2. The summed E-state index contributed by atoms with van der Waals surface area (Å²) in [6, 6.07) is 6.88. The molecule has 0 unspecified atom stereocenters. The van der Waals surface area contributed by atoms with Gasteiger partial charge in [0.2, 0.25) is 0 Å². The molecule has 17 heavy (non-hydrogen) atoms. The van der Waals surface area contributed by atoms with Crippen LogP contribution in [0.25, 0.3) is 0 Å². The molecule has 0 aromatic heterocycles. The van der Waals surface area contributed by atoms with Gasteiger partial charge in [0.1, 0.15) is 0 Å². The van der Waals surface area contributed by atoms with Gasteiger partial charge in [-0.15, -0.1) is 0 Å². The maximum absolute atomic E-state index is 3.41. The van der Waals surface area contributed by atoms with Crippen LogP contribution in [-0.2, 0) is 13.0 Å². The van der Waals surface area contributed by atoms with Crippen LogP contribution in [0, 0.1) is 0 Å². The Morgan fingerprint density at radius 3 is 3.06 bits per heavy atom. The van der Waals surface area contributed by atoms with Crippen LogP contribution in [0.15, 0.2) is 29.8 Å². The minimum atomic E-state index is 1.09. The highest BCUT2D eigenvalue weighted by molar-refractivity contribution is 5.56. The van der Waals surface area contributed by atoms with Crippen molar-refractivity contribution in [3.8, 4) is 0 Å². The molecule has 0 aliphatic carbocycles. The second kappa shape index (κ2) is 4.53. The fraction of sp³-hybridized carbons (Fsp3) is 0.467. The molecule has 0 bridgehead atoms. The van der Waals surface area contributed by atoms with E-state index in [1.807, 2.05) is 0 Å². The predicted octanol–water partition coefficient (Wildman–Crippen LogP) is 2.81. The van der Waals surface area contributed by atoms with Gasteiger partial charge in [0.15, 0.2) is 0 Å². The van der Waals surface area contributed by atoms with E-state index in [9.17, 15) is 0 Å². The lowest BCUT2D eigenvalue weighted by Gasteiger charge is -2.25. The summed E-state index contributed by atoms with van der Waals surface area (Å²) in [5.41, 5.74) is 5.83. The number of nitrogens with one attached hydrogen (secondary N) is 1. The highest BCUT2D eigenvalue weighted by atomic mass is 15.1. The molecule has 0 saturated carbocycles. The summed E-state index contributed by atoms with van der Waals surface area (Å²) in [6.45, 7) is 6.75. The Hall–Kier alpha value is -1.28. The van der Waals surface area contributed by atoms with Gasteiger partial charge in [-0.05, 0) is 37.0 Å². The van der Waals surface area contributed by atoms with Gasteiger partial charge in [-0.25, -0.2) is 0 Å². The molecule has 0 saturated heterocycles. The van der Waals surface area contributed by atoms with Gasteiger partial charge in [-0.1, -0.05) is 23.8 Å². The van der Waals surface area contributed by atoms with Crippen LogP contribution in [0.3, 0.4) is 0 Å². The van der Waals surface area contributed by atoms with Crippen LogP contribution in [0.2, 0.25) is 0 Å². The monoisotopic (exact) mass is 228 g/mol. The van der Waals surface area contributed by atoms with Crippen molar-refractivity contribution in [1.29, 1.82) is 0 Å². The van der Waals surface area contributed by atoms with Crippen molar-refractivity contribution in [2.24, 2.45) is 0 Å². The van der Waals surface area contributed by atoms with Gasteiger partial charge in [-0.3, -0.25) is 4.90 Å². The molecule has 1 N–H and O–H groups in total. The van der Waals surface area contributed by atoms with Crippen molar-refractivity contribution in [2.75, 3.05) is 25.0 Å². The predicted molar refractivity (Wildman–Crippen MR) is 72.3 cm³/mol. The lowest BCUT2D eigenvalue weighted by atomic mass is 10.1. The summed E-state index contributed by atoms with van der Waals surface area (Å²) >= 11 is 0. The molecule has 2 aliphatic heterocycles. The van der Waals surface area contributed by atoms with E-state index in [0.717, 1.165) is 19.6 Å². The normalized spacial score (nSPS) is 19.7. The fourth-order valence-corrected chi connectivity index (χ4v) is 2.67. The fourth-order valence-electron chi connectivity index (χ4n) is 2.67. The maximum Gasteiger partial charge on any atom is 0.0373 e. The Labute approximate surface area is 103 Å². The Balaban J connectivity index is 1.69. The minimum Gasteiger partial charge on any atom is -0.384 e. The van der Waals surface area contributed by atoms with Crippen molar-refractivity contribution in [3.05, 3.63) is 41.0 Å². The molecule has 0 amide bonds. The molecule has 2 heterocycles. The molecule has 1 aromatic rings. The topological polar surface area (TPSA) is 15.3 Å². The lowest BCUT2D eigenvalue weighted by Crippen LogP contribution is -2.27. The number of hydrogen-bond donors (Lipinski definition) is 1. The highest BCUT2D eigenvalue weighted by Crippen LogP contribution is 2.24. The zero-order valence-electron chi connectivity index (χ0n) is 10.5. The smallest absolute Gasteiger partial charge is 0.0373 e. The maximum atomic E-state index is 3.41. The first kappa shape index (κ1) is 10.8. The Bertz CT molecular complexity index is 448. The first-order valence-corrected chi connectivity index (χ1v) is 6.55. The zero-order chi connectivity index (χ0) is 11.7. The summed E-state index contributed by atoms with van der Waals surface area (Å²) in [5.74, 6) is 0. The van der Waals surface area contributed by atoms with Crippen LogP contribution >= 0.6 is 0 Å². The summed E-state index contributed by atoms with van der Waals surface area (Å²) in [4.78, 5) is 2.52. The second-order valence-electron chi connectivity index (χ2n) is 5.20. The van der Waals surface area contributed by atoms with Crippen LogP contribution in [0.1, 0.15) is 24.5 Å². The van der Waals surface area contributed by atoms with E-state index >= 15 is 0 Å². The van der Waals surface area contributed by atoms with E-state index in [2.05, 4.69) is 41.4 Å². The van der Waals surface area contributed by atoms with Gasteiger partial charge < -0.3 is 5.32 Å². The molecular weight excluding hydrogens is 208 g/mol. The van der Waals surface area contributed by atoms with Gasteiger partial charge >= 0.3 is 0 Å². The van der Waals surface area contributed by atoms with Crippen molar-refractivity contribution in [1.82, 2.24) is 4.90 Å². The average Bonchev–Trinajstić information content (AvgIpc) is 2.79. The SMILES string of the molecule is CC1=CCN(Cc2ccc3c(c2)CCN3)CC1. The van der Waals surface area contributed by atoms with E-state index in [1.165, 1.54) is 36.2 Å². The zero-order valence-corrected chi connectivity index (χ0v) is 10.5. The first-order chi connectivity index (χ1) is 8.31. The Morgan fingerprint density at radius 1 is 1.29 bits per heavy atom. The van der Waals surface area contributed by atoms with E-state index < -0.39 is 0 Å². The van der Waals surface area contributed by atoms with Gasteiger partial charge in [0, 0.05) is 31.9 Å². The number of nitrogens with zero attached hydrogens (tertiary/aromatic N) is 1. The highest BCUT2D eigenvalue weighted by Gasteiger charge is 2.13. The molecule has 0 atom stereocenters. The molecule has 0 spiro atoms. The number of hydrogen-bond acceptors (Lipinski definition) is 2. The second-order valence-corrected chi connectivity index (χ2v) is 5.20. The number of anilines is 1. The third-order valence-electron chi connectivity index (χ3n) is 3.81. The summed E-state index contributed by atoms with van der Waals surface area (Å²) < 4.78 is 0. The quantitative estimate of drug-likeness (QED) is 0.783. The van der Waals surface area contributed by atoms with E-state index in [-0.39, 0.29) is 0 Å².